The van der Waals surface area contributed by atoms with Crippen LogP contribution in [0, 0.1) is 12.1 Å². The van der Waals surface area contributed by atoms with Crippen LogP contribution in [0.5, 0.6) is 0 Å². The van der Waals surface area contributed by atoms with Crippen molar-refractivity contribution >= 4 is 48.5 Å². The summed E-state index contributed by atoms with van der Waals surface area (Å²) in [4.78, 5) is 0. The Balaban J connectivity index is -0.000000112. The molecule has 0 fully saturated rings. The molecule has 0 aliphatic heterocycles. The number of benzene rings is 2. The van der Waals surface area contributed by atoms with Crippen molar-refractivity contribution in [2.24, 2.45) is 0 Å². The van der Waals surface area contributed by atoms with Crippen LogP contribution in [0.3, 0.4) is 0 Å². The molecule has 1 aliphatic carbocycles. The van der Waals surface area contributed by atoms with Gasteiger partial charge in [0.2, 0.25) is 0 Å². The van der Waals surface area contributed by atoms with Gasteiger partial charge in [-0.2, -0.15) is 0 Å². The number of halogens is 2. The first-order chi connectivity index (χ1) is 20.3. The van der Waals surface area contributed by atoms with Crippen LogP contribution >= 0.6 is 31.7 Å². The third kappa shape index (κ3) is 29.5. The Morgan fingerprint density at radius 3 is 1.20 bits per heavy atom. The van der Waals surface area contributed by atoms with Crippen molar-refractivity contribution in [3.63, 3.8) is 0 Å². The van der Waals surface area contributed by atoms with Crippen LogP contribution in [-0.2, 0) is 42.1 Å². The molecule has 0 N–H and O–H groups in total. The van der Waals surface area contributed by atoms with Gasteiger partial charge in [0.15, 0.2) is 0 Å². The van der Waals surface area contributed by atoms with Gasteiger partial charge in [0.1, 0.15) is 0 Å². The summed E-state index contributed by atoms with van der Waals surface area (Å²) in [5.41, 5.74) is 2.39. The molecule has 0 atom stereocenters. The molecular formula is C38H68Cl2P4Pt2-2. The Morgan fingerprint density at radius 1 is 0.543 bits per heavy atom. The first-order valence-electron chi connectivity index (χ1n) is 16.9. The fourth-order valence-corrected chi connectivity index (χ4v) is 9.79. The van der Waals surface area contributed by atoms with Gasteiger partial charge in [0.05, 0.1) is 11.6 Å². The van der Waals surface area contributed by atoms with Gasteiger partial charge in [-0.05, 0) is 86.1 Å². The van der Waals surface area contributed by atoms with Crippen molar-refractivity contribution in [2.75, 3.05) is 73.9 Å². The van der Waals surface area contributed by atoms with Gasteiger partial charge in [-0.1, -0.05) is 94.5 Å². The number of fused-ring (bicyclic) bond motifs is 2. The molecule has 3 rings (SSSR count). The van der Waals surface area contributed by atoms with Crippen LogP contribution in [-0.4, -0.2) is 73.9 Å². The van der Waals surface area contributed by atoms with Gasteiger partial charge in [0.25, 0.3) is 0 Å². The van der Waals surface area contributed by atoms with Gasteiger partial charge in [-0.3, -0.25) is 0 Å². The molecule has 0 aromatic heterocycles. The minimum atomic E-state index is 0. The molecule has 0 radical (unpaired) electrons. The van der Waals surface area contributed by atoms with E-state index in [0.717, 1.165) is 10.9 Å². The van der Waals surface area contributed by atoms with Gasteiger partial charge < -0.3 is 24.8 Å². The summed E-state index contributed by atoms with van der Waals surface area (Å²) >= 11 is 0. The third-order valence-corrected chi connectivity index (χ3v) is 18.5. The number of hydrogen-bond acceptors (Lipinski definition) is 0. The molecule has 46 heavy (non-hydrogen) atoms. The van der Waals surface area contributed by atoms with Crippen molar-refractivity contribution in [1.82, 2.24) is 0 Å². The zero-order valence-corrected chi connectivity index (χ0v) is 40.9. The summed E-state index contributed by atoms with van der Waals surface area (Å²) in [6.07, 6.45) is 26.3. The van der Waals surface area contributed by atoms with Gasteiger partial charge in [-0.25, -0.2) is 0 Å². The van der Waals surface area contributed by atoms with E-state index in [-0.39, 0.29) is 66.9 Å². The molecule has 0 saturated heterocycles. The van der Waals surface area contributed by atoms with Crippen LogP contribution in [0.1, 0.15) is 94.2 Å². The van der Waals surface area contributed by atoms with Crippen molar-refractivity contribution in [3.8, 4) is 0 Å². The van der Waals surface area contributed by atoms with Crippen molar-refractivity contribution in [1.29, 1.82) is 0 Å². The molecule has 0 unspecified atom stereocenters. The van der Waals surface area contributed by atoms with E-state index in [2.05, 4.69) is 120 Å². The fraction of sp³-hybridized carbons (Fsp3) is 0.632. The normalized spacial score (nSPS) is 10.1. The van der Waals surface area contributed by atoms with E-state index in [0.29, 0.717) is 31.7 Å². The number of hydrogen-bond donors (Lipinski definition) is 0. The molecule has 8 heteroatoms. The maximum Gasteiger partial charge on any atom is 0.0745 e. The first kappa shape index (κ1) is 59.9. The first-order valence-corrected chi connectivity index (χ1v) is 24.5. The molecule has 1 aliphatic rings. The topological polar surface area (TPSA) is 0 Å². The van der Waals surface area contributed by atoms with Crippen molar-refractivity contribution in [3.05, 3.63) is 65.8 Å². The van der Waals surface area contributed by atoms with E-state index < -0.39 is 0 Å². The Hall–Kier alpha value is 1.77. The predicted octanol–water partition coefficient (Wildman–Crippen LogP) is 7.49. The maximum atomic E-state index is 3.22. The van der Waals surface area contributed by atoms with E-state index >= 15 is 0 Å². The molecule has 2 aromatic carbocycles. The van der Waals surface area contributed by atoms with Crippen LogP contribution in [0.25, 0.3) is 16.8 Å². The van der Waals surface area contributed by atoms with Crippen LogP contribution in [0.2, 0.25) is 0 Å². The molecule has 0 nitrogen and oxygen atoms in total. The van der Waals surface area contributed by atoms with E-state index in [1.807, 2.05) is 24.3 Å². The Morgan fingerprint density at radius 2 is 0.891 bits per heavy atom. The summed E-state index contributed by atoms with van der Waals surface area (Å²) in [5.74, 6) is 0. The molecule has 2 aromatic rings. The molecule has 0 amide bonds. The molecule has 276 valence electrons. The predicted molar refractivity (Wildman–Crippen MR) is 213 cm³/mol. The van der Waals surface area contributed by atoms with Gasteiger partial charge >= 0.3 is 0 Å². The summed E-state index contributed by atoms with van der Waals surface area (Å²) in [7, 11) is 1.78. The zero-order chi connectivity index (χ0) is 32.2. The second-order valence-electron chi connectivity index (χ2n) is 9.84. The SMILES string of the molecule is CCP(CC)CC.CCP(CC)CC.CCP(CC)CC.CCP(CC)CC.[C+]1=CC=Cc2cc3ccc[c-]c3cc21.[Cl-].[Cl-].[Pt].[Pt]. The van der Waals surface area contributed by atoms with Crippen molar-refractivity contribution < 1.29 is 66.9 Å². The quantitative estimate of drug-likeness (QED) is 0.153. The average molecular weight is 1110 g/mol. The second kappa shape index (κ2) is 42.9. The standard InChI is InChI=1S/C14H8.4C6H15P.2ClH.2Pt/c1-2-6-12-10-14-8-4-3-7-13(14)9-11(12)5-1;4*1-4-7(5-2)6-3;;;;/h1-5,7,9-10H;4*4-6H2,1-3H3;2*1H;;/p-2. The fourth-order valence-electron chi connectivity index (χ4n) is 4.42. The average Bonchev–Trinajstić information content (AvgIpc) is 3.05. The molecule has 0 saturated carbocycles. The molecule has 0 spiro atoms. The van der Waals surface area contributed by atoms with Gasteiger partial charge in [0, 0.05) is 59.8 Å². The summed E-state index contributed by atoms with van der Waals surface area (Å²) in [5, 5.41) is 2.39. The third-order valence-electron chi connectivity index (χ3n) is 7.81. The Bertz CT molecular complexity index is 808. The molecular weight excluding hydrogens is 1040 g/mol. The number of rotatable bonds is 12. The monoisotopic (exact) mass is 1110 g/mol. The Labute approximate surface area is 335 Å². The Kier molecular flexibility index (Phi) is 55.9. The smallest absolute Gasteiger partial charge is 0.0745 e. The van der Waals surface area contributed by atoms with E-state index in [9.17, 15) is 0 Å². The van der Waals surface area contributed by atoms with E-state index in [1.165, 1.54) is 84.9 Å². The number of allylic oxidation sites excluding steroid dienone is 2. The minimum Gasteiger partial charge on any atom is -1.00 e. The maximum absolute atomic E-state index is 3.22. The summed E-state index contributed by atoms with van der Waals surface area (Å²) in [6, 6.07) is 13.6. The minimum absolute atomic E-state index is 0. The van der Waals surface area contributed by atoms with Crippen molar-refractivity contribution in [2.45, 2.75) is 83.1 Å². The van der Waals surface area contributed by atoms with Crippen LogP contribution in [0.4, 0.5) is 0 Å². The summed E-state index contributed by atoms with van der Waals surface area (Å²) in [6.45, 7) is 27.5. The summed E-state index contributed by atoms with van der Waals surface area (Å²) < 4.78 is 0. The van der Waals surface area contributed by atoms with Crippen LogP contribution < -0.4 is 24.8 Å². The van der Waals surface area contributed by atoms with Gasteiger partial charge in [-0.15, -0.1) is 61.3 Å². The molecule has 0 bridgehead atoms. The molecule has 0 heterocycles. The van der Waals surface area contributed by atoms with Crippen LogP contribution in [0.15, 0.2) is 42.5 Å². The van der Waals surface area contributed by atoms with E-state index in [4.69, 9.17) is 0 Å². The van der Waals surface area contributed by atoms with E-state index in [1.54, 1.807) is 0 Å². The second-order valence-corrected chi connectivity index (χ2v) is 22.8. The zero-order valence-electron chi connectivity index (χ0n) is 31.3. The largest absolute Gasteiger partial charge is 1.00 e.